The van der Waals surface area contributed by atoms with E-state index in [0.29, 0.717) is 23.8 Å². The lowest BCUT2D eigenvalue weighted by atomic mass is 10.2. The van der Waals surface area contributed by atoms with Crippen LogP contribution in [0.3, 0.4) is 0 Å². The Hall–Kier alpha value is -3.68. The molecule has 1 amide bonds. The number of benzene rings is 2. The molecule has 29 heavy (non-hydrogen) atoms. The molecule has 2 aromatic carbocycles. The third-order valence-corrected chi connectivity index (χ3v) is 4.68. The molecule has 0 radical (unpaired) electrons. The Morgan fingerprint density at radius 2 is 2.03 bits per heavy atom. The number of nitrogens with zero attached hydrogens (tertiary/aromatic N) is 3. The van der Waals surface area contributed by atoms with Gasteiger partial charge in [0.25, 0.3) is 5.91 Å². The zero-order valence-electron chi connectivity index (χ0n) is 16.2. The van der Waals surface area contributed by atoms with Crippen molar-refractivity contribution in [3.63, 3.8) is 0 Å². The molecule has 8 nitrogen and oxygen atoms in total. The van der Waals surface area contributed by atoms with Crippen molar-refractivity contribution < 1.29 is 9.32 Å². The van der Waals surface area contributed by atoms with Crippen LogP contribution in [0.4, 0.5) is 0 Å². The first-order chi connectivity index (χ1) is 14.1. The first kappa shape index (κ1) is 18.7. The largest absolute Gasteiger partial charge is 0.341 e. The summed E-state index contributed by atoms with van der Waals surface area (Å²) >= 11 is 0. The minimum atomic E-state index is -0.446. The monoisotopic (exact) mass is 391 g/mol. The summed E-state index contributed by atoms with van der Waals surface area (Å²) in [7, 11) is 0. The number of hydrogen-bond donors (Lipinski definition) is 2. The van der Waals surface area contributed by atoms with E-state index < -0.39 is 6.04 Å². The van der Waals surface area contributed by atoms with E-state index in [-0.39, 0.29) is 11.6 Å². The minimum absolute atomic E-state index is 0.134. The van der Waals surface area contributed by atoms with Crippen molar-refractivity contribution >= 4 is 16.9 Å². The van der Waals surface area contributed by atoms with Crippen molar-refractivity contribution in [2.45, 2.75) is 32.9 Å². The molecule has 0 bridgehead atoms. The fraction of sp³-hybridized carbons (Fsp3) is 0.238. The SMILES string of the molecule is CCCn1c(=O)[nH]c2cc(-c3noc([C@@H](C)NC(=O)c4ccccc4)n3)ccc21. The number of nitrogens with one attached hydrogen (secondary N) is 2. The predicted octanol–water partition coefficient (Wildman–Crippen LogP) is 3.28. The summed E-state index contributed by atoms with van der Waals surface area (Å²) < 4.78 is 7.05. The smallest absolute Gasteiger partial charge is 0.326 e. The standard InChI is InChI=1S/C21H21N5O3/c1-3-11-26-17-10-9-15(12-16(17)23-21(26)28)18-24-20(29-25-18)13(2)22-19(27)14-7-5-4-6-8-14/h4-10,12-13H,3,11H2,1-2H3,(H,22,27)(H,23,28)/t13-/m1/s1. The average Bonchev–Trinajstić information content (AvgIpc) is 3.34. The summed E-state index contributed by atoms with van der Waals surface area (Å²) in [6.07, 6.45) is 0.870. The highest BCUT2D eigenvalue weighted by Gasteiger charge is 2.18. The van der Waals surface area contributed by atoms with Gasteiger partial charge in [0.15, 0.2) is 0 Å². The predicted molar refractivity (Wildman–Crippen MR) is 108 cm³/mol. The van der Waals surface area contributed by atoms with Crippen LogP contribution in [-0.4, -0.2) is 25.6 Å². The number of carbonyl (C=O) groups excluding carboxylic acids is 1. The van der Waals surface area contributed by atoms with Crippen molar-refractivity contribution in [2.24, 2.45) is 0 Å². The molecule has 0 aliphatic carbocycles. The summed E-state index contributed by atoms with van der Waals surface area (Å²) in [5.41, 5.74) is 2.71. The van der Waals surface area contributed by atoms with Crippen LogP contribution >= 0.6 is 0 Å². The van der Waals surface area contributed by atoms with E-state index in [1.165, 1.54) is 0 Å². The van der Waals surface area contributed by atoms with E-state index >= 15 is 0 Å². The lowest BCUT2D eigenvalue weighted by Crippen LogP contribution is -2.26. The minimum Gasteiger partial charge on any atom is -0.341 e. The zero-order chi connectivity index (χ0) is 20.4. The van der Waals surface area contributed by atoms with Crippen molar-refractivity contribution in [1.82, 2.24) is 25.0 Å². The van der Waals surface area contributed by atoms with Gasteiger partial charge in [-0.2, -0.15) is 4.98 Å². The molecule has 0 fully saturated rings. The van der Waals surface area contributed by atoms with Crippen molar-refractivity contribution in [1.29, 1.82) is 0 Å². The van der Waals surface area contributed by atoms with Crippen molar-refractivity contribution in [2.75, 3.05) is 0 Å². The molecule has 0 saturated heterocycles. The number of rotatable bonds is 6. The second kappa shape index (κ2) is 7.75. The number of carbonyl (C=O) groups is 1. The molecule has 4 aromatic rings. The molecule has 2 N–H and O–H groups in total. The summed E-state index contributed by atoms with van der Waals surface area (Å²) in [5.74, 6) is 0.488. The van der Waals surface area contributed by atoms with Gasteiger partial charge >= 0.3 is 5.69 Å². The van der Waals surface area contributed by atoms with Crippen LogP contribution in [0.1, 0.15) is 42.6 Å². The summed E-state index contributed by atoms with van der Waals surface area (Å²) in [6.45, 7) is 4.46. The van der Waals surface area contributed by atoms with E-state index in [1.54, 1.807) is 35.8 Å². The maximum absolute atomic E-state index is 12.3. The van der Waals surface area contributed by atoms with Gasteiger partial charge in [0.2, 0.25) is 11.7 Å². The summed E-state index contributed by atoms with van der Waals surface area (Å²) in [4.78, 5) is 31.7. The normalized spacial score (nSPS) is 12.2. The van der Waals surface area contributed by atoms with Gasteiger partial charge in [-0.1, -0.05) is 30.3 Å². The van der Waals surface area contributed by atoms with E-state index in [2.05, 4.69) is 20.4 Å². The Bertz CT molecular complexity index is 1210. The Morgan fingerprint density at radius 3 is 2.79 bits per heavy atom. The van der Waals surface area contributed by atoms with Gasteiger partial charge in [-0.25, -0.2) is 4.79 Å². The fourth-order valence-corrected chi connectivity index (χ4v) is 3.21. The molecular weight excluding hydrogens is 370 g/mol. The molecule has 2 heterocycles. The Labute approximate surface area is 166 Å². The number of aromatic nitrogens is 4. The van der Waals surface area contributed by atoms with Crippen LogP contribution in [0.25, 0.3) is 22.4 Å². The highest BCUT2D eigenvalue weighted by Crippen LogP contribution is 2.22. The molecule has 0 aliphatic heterocycles. The first-order valence-corrected chi connectivity index (χ1v) is 9.49. The number of hydrogen-bond acceptors (Lipinski definition) is 5. The molecule has 0 unspecified atom stereocenters. The topological polar surface area (TPSA) is 106 Å². The third kappa shape index (κ3) is 3.69. The third-order valence-electron chi connectivity index (χ3n) is 4.68. The van der Waals surface area contributed by atoms with Gasteiger partial charge in [0, 0.05) is 17.7 Å². The van der Waals surface area contributed by atoms with E-state index in [4.69, 9.17) is 4.52 Å². The molecule has 0 saturated carbocycles. The highest BCUT2D eigenvalue weighted by atomic mass is 16.5. The average molecular weight is 391 g/mol. The molecule has 0 aliphatic rings. The quantitative estimate of drug-likeness (QED) is 0.525. The van der Waals surface area contributed by atoms with Gasteiger partial charge in [0.05, 0.1) is 11.0 Å². The van der Waals surface area contributed by atoms with Crippen LogP contribution in [0.2, 0.25) is 0 Å². The molecule has 4 rings (SSSR count). The lowest BCUT2D eigenvalue weighted by Gasteiger charge is -2.09. The van der Waals surface area contributed by atoms with Gasteiger partial charge < -0.3 is 14.8 Å². The van der Waals surface area contributed by atoms with Crippen LogP contribution < -0.4 is 11.0 Å². The van der Waals surface area contributed by atoms with Crippen LogP contribution in [0.5, 0.6) is 0 Å². The molecule has 1 atom stereocenters. The van der Waals surface area contributed by atoms with Crippen LogP contribution in [-0.2, 0) is 6.54 Å². The Kier molecular flexibility index (Phi) is 4.99. The molecule has 2 aromatic heterocycles. The number of H-pyrrole nitrogens is 1. The maximum atomic E-state index is 12.3. The van der Waals surface area contributed by atoms with E-state index in [0.717, 1.165) is 23.0 Å². The van der Waals surface area contributed by atoms with Crippen LogP contribution in [0.15, 0.2) is 57.8 Å². The van der Waals surface area contributed by atoms with Crippen molar-refractivity contribution in [3.8, 4) is 11.4 Å². The van der Waals surface area contributed by atoms with Crippen molar-refractivity contribution in [3.05, 3.63) is 70.5 Å². The van der Waals surface area contributed by atoms with Gasteiger partial charge in [-0.05, 0) is 43.7 Å². The van der Waals surface area contributed by atoms with Gasteiger partial charge in [-0.15, -0.1) is 0 Å². The Balaban J connectivity index is 1.55. The molecule has 148 valence electrons. The molecular formula is C21H21N5O3. The van der Waals surface area contributed by atoms with Gasteiger partial charge in [-0.3, -0.25) is 9.36 Å². The first-order valence-electron chi connectivity index (χ1n) is 9.49. The number of amides is 1. The molecule has 8 heteroatoms. The number of aromatic amines is 1. The van der Waals surface area contributed by atoms with E-state index in [1.807, 2.05) is 31.2 Å². The Morgan fingerprint density at radius 1 is 1.24 bits per heavy atom. The fourth-order valence-electron chi connectivity index (χ4n) is 3.21. The zero-order valence-corrected chi connectivity index (χ0v) is 16.2. The second-order valence-corrected chi connectivity index (χ2v) is 6.83. The number of aryl methyl sites for hydroxylation is 1. The highest BCUT2D eigenvalue weighted by molar-refractivity contribution is 5.94. The number of fused-ring (bicyclic) bond motifs is 1. The second-order valence-electron chi connectivity index (χ2n) is 6.83. The van der Waals surface area contributed by atoms with Crippen LogP contribution in [0, 0.1) is 0 Å². The van der Waals surface area contributed by atoms with Gasteiger partial charge in [0.1, 0.15) is 6.04 Å². The summed E-state index contributed by atoms with van der Waals surface area (Å²) in [6, 6.07) is 14.0. The number of imidazole rings is 1. The maximum Gasteiger partial charge on any atom is 0.326 e. The lowest BCUT2D eigenvalue weighted by molar-refractivity contribution is 0.0932. The van der Waals surface area contributed by atoms with E-state index in [9.17, 15) is 9.59 Å². The molecule has 0 spiro atoms. The summed E-state index contributed by atoms with van der Waals surface area (Å²) in [5, 5.41) is 6.87.